The molecular weight excluding hydrogens is 322 g/mol. The fourth-order valence-electron chi connectivity index (χ4n) is 2.50. The lowest BCUT2D eigenvalue weighted by Gasteiger charge is -2.33. The maximum atomic E-state index is 7.21. The molecule has 1 atom stereocenters. The summed E-state index contributed by atoms with van der Waals surface area (Å²) < 4.78 is 0. The van der Waals surface area contributed by atoms with E-state index in [0.29, 0.717) is 6.42 Å². The molecule has 0 bridgehead atoms. The highest BCUT2D eigenvalue weighted by Gasteiger charge is 2.32. The van der Waals surface area contributed by atoms with Crippen molar-refractivity contribution >= 4 is 29.3 Å². The van der Waals surface area contributed by atoms with Crippen LogP contribution in [0, 0.1) is 16.2 Å². The molecule has 5 heteroatoms. The zero-order valence-corrected chi connectivity index (χ0v) is 17.0. The highest BCUT2D eigenvalue weighted by Crippen LogP contribution is 2.29. The van der Waals surface area contributed by atoms with Crippen LogP contribution in [0.5, 0.6) is 0 Å². The van der Waals surface area contributed by atoms with E-state index in [4.69, 9.17) is 15.4 Å². The van der Waals surface area contributed by atoms with Gasteiger partial charge in [-0.15, -0.1) is 0 Å². The Hall–Kier alpha value is -2.30. The largest absolute Gasteiger partial charge is 0.328 e. The van der Waals surface area contributed by atoms with E-state index < -0.39 is 0 Å². The molecule has 0 saturated heterocycles. The van der Waals surface area contributed by atoms with Crippen LogP contribution in [0.4, 0.5) is 5.69 Å². The number of hydrogen-bond acceptors (Lipinski definition) is 5. The second-order valence-electron chi connectivity index (χ2n) is 8.88. The molecule has 1 aliphatic rings. The number of aliphatic imine (C=N–C) groups is 3. The van der Waals surface area contributed by atoms with Gasteiger partial charge in [0.25, 0.3) is 0 Å². The maximum Gasteiger partial charge on any atom is 0.148 e. The summed E-state index contributed by atoms with van der Waals surface area (Å²) in [5.74, 6) is 1.79. The van der Waals surface area contributed by atoms with Gasteiger partial charge in [0.15, 0.2) is 0 Å². The third-order valence-corrected chi connectivity index (χ3v) is 4.06. The Labute approximate surface area is 157 Å². The van der Waals surface area contributed by atoms with Crippen molar-refractivity contribution in [3.8, 4) is 0 Å². The standard InChI is InChI=1S/C21H31N5/c1-14(11-12-22)23-16-10-8-9-15(13-16)17-24-18(20(2,3)4)26-19(25-17)21(5,6)7/h8-10,12-13,18,22H,11H2,1-7H3,(H,24,25,26). The van der Waals surface area contributed by atoms with Crippen molar-refractivity contribution in [3.05, 3.63) is 29.8 Å². The highest BCUT2D eigenvalue weighted by molar-refractivity contribution is 6.12. The molecule has 0 amide bonds. The molecule has 1 aliphatic heterocycles. The van der Waals surface area contributed by atoms with Gasteiger partial charge < -0.3 is 10.7 Å². The topological polar surface area (TPSA) is 73.0 Å². The van der Waals surface area contributed by atoms with Gasteiger partial charge in [0.1, 0.15) is 17.8 Å². The van der Waals surface area contributed by atoms with Crippen LogP contribution in [-0.4, -0.2) is 29.8 Å². The smallest absolute Gasteiger partial charge is 0.148 e. The summed E-state index contributed by atoms with van der Waals surface area (Å²) >= 11 is 0. The first-order valence-corrected chi connectivity index (χ1v) is 9.07. The van der Waals surface area contributed by atoms with Crippen LogP contribution in [0.3, 0.4) is 0 Å². The molecular formula is C21H31N5. The summed E-state index contributed by atoms with van der Waals surface area (Å²) in [4.78, 5) is 14.3. The zero-order valence-electron chi connectivity index (χ0n) is 17.0. The lowest BCUT2D eigenvalue weighted by Crippen LogP contribution is -2.45. The summed E-state index contributed by atoms with van der Waals surface area (Å²) in [6.45, 7) is 14.9. The van der Waals surface area contributed by atoms with Gasteiger partial charge in [0, 0.05) is 34.7 Å². The fraction of sp³-hybridized carbons (Fsp3) is 0.524. The van der Waals surface area contributed by atoms with Crippen LogP contribution in [0.15, 0.2) is 39.2 Å². The SMILES string of the molecule is CC(CC=N)=Nc1cccc(C2=NC(C(C)(C)C)N=C(C(C)(C)C)N2)c1. The predicted octanol–water partition coefficient (Wildman–Crippen LogP) is 4.99. The molecule has 0 aliphatic carbocycles. The second kappa shape index (κ2) is 7.52. The molecule has 5 nitrogen and oxygen atoms in total. The van der Waals surface area contributed by atoms with Crippen molar-refractivity contribution in [1.82, 2.24) is 5.32 Å². The predicted molar refractivity (Wildman–Crippen MR) is 112 cm³/mol. The molecule has 0 fully saturated rings. The van der Waals surface area contributed by atoms with Crippen LogP contribution >= 0.6 is 0 Å². The van der Waals surface area contributed by atoms with Crippen molar-refractivity contribution in [2.24, 2.45) is 25.8 Å². The lowest BCUT2D eigenvalue weighted by molar-refractivity contribution is 0.325. The number of nitrogens with one attached hydrogen (secondary N) is 2. The van der Waals surface area contributed by atoms with E-state index in [-0.39, 0.29) is 17.0 Å². The Balaban J connectivity index is 2.42. The number of nitrogens with zero attached hydrogens (tertiary/aromatic N) is 3. The van der Waals surface area contributed by atoms with E-state index in [9.17, 15) is 0 Å². The summed E-state index contributed by atoms with van der Waals surface area (Å²) in [6, 6.07) is 8.04. The molecule has 2 rings (SSSR count). The van der Waals surface area contributed by atoms with Crippen molar-refractivity contribution in [1.29, 1.82) is 5.41 Å². The molecule has 0 saturated carbocycles. The van der Waals surface area contributed by atoms with E-state index in [1.807, 2.05) is 31.2 Å². The van der Waals surface area contributed by atoms with Gasteiger partial charge in [-0.1, -0.05) is 53.7 Å². The average molecular weight is 354 g/mol. The molecule has 26 heavy (non-hydrogen) atoms. The van der Waals surface area contributed by atoms with Crippen LogP contribution in [-0.2, 0) is 0 Å². The molecule has 1 aromatic rings. The normalized spacial score (nSPS) is 18.7. The summed E-state index contributed by atoms with van der Waals surface area (Å²) in [5, 5.41) is 10.6. The van der Waals surface area contributed by atoms with E-state index in [1.165, 1.54) is 6.21 Å². The molecule has 2 N–H and O–H groups in total. The molecule has 140 valence electrons. The minimum atomic E-state index is -0.125. The molecule has 0 aromatic heterocycles. The van der Waals surface area contributed by atoms with Gasteiger partial charge in [-0.05, 0) is 19.1 Å². The monoisotopic (exact) mass is 353 g/mol. The van der Waals surface area contributed by atoms with E-state index in [2.05, 4.69) is 51.9 Å². The van der Waals surface area contributed by atoms with Crippen LogP contribution in [0.1, 0.15) is 60.5 Å². The van der Waals surface area contributed by atoms with Crippen LogP contribution in [0.25, 0.3) is 0 Å². The number of hydrogen-bond donors (Lipinski definition) is 2. The van der Waals surface area contributed by atoms with E-state index >= 15 is 0 Å². The van der Waals surface area contributed by atoms with E-state index in [0.717, 1.165) is 28.6 Å². The van der Waals surface area contributed by atoms with Gasteiger partial charge in [-0.3, -0.25) is 4.99 Å². The highest BCUT2D eigenvalue weighted by atomic mass is 15.2. The van der Waals surface area contributed by atoms with Gasteiger partial charge in [-0.2, -0.15) is 0 Å². The first kappa shape index (κ1) is 20.0. The van der Waals surface area contributed by atoms with Crippen LogP contribution in [0.2, 0.25) is 0 Å². The van der Waals surface area contributed by atoms with E-state index in [1.54, 1.807) is 0 Å². The molecule has 1 unspecified atom stereocenters. The maximum absolute atomic E-state index is 7.21. The molecule has 0 radical (unpaired) electrons. The Morgan fingerprint density at radius 1 is 1.19 bits per heavy atom. The Morgan fingerprint density at radius 3 is 2.46 bits per heavy atom. The minimum absolute atomic E-state index is 0.0554. The van der Waals surface area contributed by atoms with Crippen molar-refractivity contribution in [3.63, 3.8) is 0 Å². The Bertz CT molecular complexity index is 757. The Morgan fingerprint density at radius 2 is 1.88 bits per heavy atom. The first-order valence-electron chi connectivity index (χ1n) is 9.07. The van der Waals surface area contributed by atoms with Crippen molar-refractivity contribution in [2.45, 2.75) is 61.1 Å². The quantitative estimate of drug-likeness (QED) is 0.736. The summed E-state index contributed by atoms with van der Waals surface area (Å²) in [7, 11) is 0. The third kappa shape index (κ3) is 5.10. The van der Waals surface area contributed by atoms with Gasteiger partial charge in [0.05, 0.1) is 5.69 Å². The van der Waals surface area contributed by atoms with Crippen molar-refractivity contribution < 1.29 is 0 Å². The second-order valence-corrected chi connectivity index (χ2v) is 8.88. The minimum Gasteiger partial charge on any atom is -0.328 e. The molecule has 1 heterocycles. The lowest BCUT2D eigenvalue weighted by atomic mass is 9.90. The number of rotatable bonds is 4. The third-order valence-electron chi connectivity index (χ3n) is 4.06. The molecule has 0 spiro atoms. The van der Waals surface area contributed by atoms with Crippen LogP contribution < -0.4 is 5.32 Å². The van der Waals surface area contributed by atoms with Gasteiger partial charge >= 0.3 is 0 Å². The average Bonchev–Trinajstić information content (AvgIpc) is 2.53. The fourth-order valence-corrected chi connectivity index (χ4v) is 2.50. The van der Waals surface area contributed by atoms with Crippen molar-refractivity contribution in [2.75, 3.05) is 0 Å². The Kier molecular flexibility index (Phi) is 5.79. The first-order chi connectivity index (χ1) is 12.0. The van der Waals surface area contributed by atoms with Gasteiger partial charge in [0.2, 0.25) is 0 Å². The molecule has 1 aromatic carbocycles. The summed E-state index contributed by atoms with van der Waals surface area (Å²) in [6.07, 6.45) is 1.81. The zero-order chi connectivity index (χ0) is 19.5. The van der Waals surface area contributed by atoms with Gasteiger partial charge in [-0.25, -0.2) is 9.98 Å². The summed E-state index contributed by atoms with van der Waals surface area (Å²) in [5.41, 5.74) is 2.65. The number of amidine groups is 2. The number of benzene rings is 1.